The summed E-state index contributed by atoms with van der Waals surface area (Å²) in [7, 11) is -2.37. The van der Waals surface area contributed by atoms with E-state index in [0.29, 0.717) is 12.3 Å². The highest BCUT2D eigenvalue weighted by Crippen LogP contribution is 2.35. The first-order valence-corrected chi connectivity index (χ1v) is 9.72. The molecule has 3 amide bonds. The van der Waals surface area contributed by atoms with Gasteiger partial charge in [0, 0.05) is 24.7 Å². The second-order valence-corrected chi connectivity index (χ2v) is 8.43. The molecule has 150 valence electrons. The second kappa shape index (κ2) is 7.63. The highest BCUT2D eigenvalue weighted by atomic mass is 35.5. The minimum absolute atomic E-state index is 0. The van der Waals surface area contributed by atoms with Crippen molar-refractivity contribution < 1.29 is 22.7 Å². The van der Waals surface area contributed by atoms with Gasteiger partial charge in [0.1, 0.15) is 11.3 Å². The van der Waals surface area contributed by atoms with Gasteiger partial charge in [0.15, 0.2) is 0 Å². The Morgan fingerprint density at radius 1 is 1.37 bits per heavy atom. The molecule has 0 spiro atoms. The SMILES string of the molecule is COc1ccc(S(=O)(=O)N2CCCC2CN)cc1C1(C)NC(=O)NC1=O.Cl. The second-order valence-electron chi connectivity index (χ2n) is 6.54. The zero-order valence-electron chi connectivity index (χ0n) is 15.0. The Morgan fingerprint density at radius 3 is 2.63 bits per heavy atom. The van der Waals surface area contributed by atoms with Gasteiger partial charge in [-0.25, -0.2) is 13.2 Å². The highest BCUT2D eigenvalue weighted by Gasteiger charge is 2.46. The molecular weight excluding hydrogens is 396 g/mol. The predicted molar refractivity (Wildman–Crippen MR) is 100 cm³/mol. The number of imide groups is 1. The van der Waals surface area contributed by atoms with E-state index in [1.807, 2.05) is 0 Å². The lowest BCUT2D eigenvalue weighted by Crippen LogP contribution is -2.42. The number of methoxy groups -OCH3 is 1. The number of ether oxygens (including phenoxy) is 1. The highest BCUT2D eigenvalue weighted by molar-refractivity contribution is 7.89. The van der Waals surface area contributed by atoms with Crippen LogP contribution in [0, 0.1) is 0 Å². The third kappa shape index (κ3) is 3.49. The number of carbonyl (C=O) groups is 2. The van der Waals surface area contributed by atoms with E-state index in [9.17, 15) is 18.0 Å². The molecule has 2 fully saturated rings. The van der Waals surface area contributed by atoms with Crippen LogP contribution in [-0.4, -0.2) is 50.9 Å². The van der Waals surface area contributed by atoms with Crippen molar-refractivity contribution in [1.29, 1.82) is 0 Å². The summed E-state index contributed by atoms with van der Waals surface area (Å²) in [4.78, 5) is 23.9. The maximum absolute atomic E-state index is 13.1. The Hall–Kier alpha value is -1.88. The molecule has 3 rings (SSSR count). The zero-order valence-corrected chi connectivity index (χ0v) is 16.7. The summed E-state index contributed by atoms with van der Waals surface area (Å²) >= 11 is 0. The molecule has 4 N–H and O–H groups in total. The molecular formula is C16H23ClN4O5S. The molecule has 11 heteroatoms. The van der Waals surface area contributed by atoms with E-state index in [0.717, 1.165) is 12.8 Å². The van der Waals surface area contributed by atoms with Crippen molar-refractivity contribution in [2.24, 2.45) is 5.73 Å². The van der Waals surface area contributed by atoms with Gasteiger partial charge >= 0.3 is 6.03 Å². The van der Waals surface area contributed by atoms with Crippen molar-refractivity contribution in [3.05, 3.63) is 23.8 Å². The lowest BCUT2D eigenvalue weighted by molar-refractivity contribution is -0.123. The molecule has 2 saturated heterocycles. The van der Waals surface area contributed by atoms with Gasteiger partial charge in [0.05, 0.1) is 12.0 Å². The Kier molecular flexibility index (Phi) is 6.05. The van der Waals surface area contributed by atoms with Crippen molar-refractivity contribution in [3.63, 3.8) is 0 Å². The minimum Gasteiger partial charge on any atom is -0.496 e. The average molecular weight is 419 g/mol. The van der Waals surface area contributed by atoms with Gasteiger partial charge in [-0.3, -0.25) is 10.1 Å². The first-order chi connectivity index (χ1) is 12.2. The summed E-state index contributed by atoms with van der Waals surface area (Å²) in [5.41, 5.74) is 4.55. The molecule has 2 unspecified atom stereocenters. The van der Waals surface area contributed by atoms with Crippen LogP contribution in [-0.2, 0) is 20.4 Å². The van der Waals surface area contributed by atoms with E-state index in [2.05, 4.69) is 10.6 Å². The summed E-state index contributed by atoms with van der Waals surface area (Å²) in [5, 5.41) is 4.70. The van der Waals surface area contributed by atoms with Crippen LogP contribution in [0.1, 0.15) is 25.3 Å². The zero-order chi connectivity index (χ0) is 19.1. The summed E-state index contributed by atoms with van der Waals surface area (Å²) in [6.45, 7) is 2.15. The lowest BCUT2D eigenvalue weighted by atomic mass is 9.91. The standard InChI is InChI=1S/C16H22N4O5S.ClH/c1-16(14(21)18-15(22)19-16)12-8-11(5-6-13(12)25-2)26(23,24)20-7-3-4-10(20)9-17;/h5-6,8,10H,3-4,7,9,17H2,1-2H3,(H2,18,19,21,22);1H. The van der Waals surface area contributed by atoms with Gasteiger partial charge in [0.2, 0.25) is 10.0 Å². The van der Waals surface area contributed by atoms with Gasteiger partial charge in [-0.2, -0.15) is 4.31 Å². The van der Waals surface area contributed by atoms with Crippen LogP contribution in [0.4, 0.5) is 4.79 Å². The van der Waals surface area contributed by atoms with Gasteiger partial charge in [0.25, 0.3) is 5.91 Å². The van der Waals surface area contributed by atoms with E-state index in [-0.39, 0.29) is 35.5 Å². The molecule has 9 nitrogen and oxygen atoms in total. The van der Waals surface area contributed by atoms with Crippen molar-refractivity contribution in [2.75, 3.05) is 20.2 Å². The molecule has 1 aromatic carbocycles. The van der Waals surface area contributed by atoms with Crippen LogP contribution < -0.4 is 21.1 Å². The average Bonchev–Trinajstić information content (AvgIpc) is 3.19. The maximum Gasteiger partial charge on any atom is 0.322 e. The summed E-state index contributed by atoms with van der Waals surface area (Å²) < 4.78 is 32.8. The van der Waals surface area contributed by atoms with E-state index < -0.39 is 27.5 Å². The first-order valence-electron chi connectivity index (χ1n) is 8.28. The van der Waals surface area contributed by atoms with Crippen molar-refractivity contribution >= 4 is 34.4 Å². The number of hydrogen-bond donors (Lipinski definition) is 3. The van der Waals surface area contributed by atoms with Crippen LogP contribution in [0.15, 0.2) is 23.1 Å². The fourth-order valence-electron chi connectivity index (χ4n) is 3.47. The van der Waals surface area contributed by atoms with Crippen LogP contribution >= 0.6 is 12.4 Å². The molecule has 27 heavy (non-hydrogen) atoms. The van der Waals surface area contributed by atoms with Crippen molar-refractivity contribution in [2.45, 2.75) is 36.2 Å². The Morgan fingerprint density at radius 2 is 2.07 bits per heavy atom. The number of urea groups is 1. The molecule has 1 aromatic rings. The number of nitrogens with one attached hydrogen (secondary N) is 2. The van der Waals surface area contributed by atoms with Crippen LogP contribution in [0.2, 0.25) is 0 Å². The number of amides is 3. The molecule has 2 aliphatic rings. The number of rotatable bonds is 5. The Balaban J connectivity index is 0.00000261. The number of nitrogens with zero attached hydrogens (tertiary/aromatic N) is 1. The fraction of sp³-hybridized carbons (Fsp3) is 0.500. The molecule has 0 radical (unpaired) electrons. The molecule has 2 atom stereocenters. The summed E-state index contributed by atoms with van der Waals surface area (Å²) in [6.07, 6.45) is 1.47. The van der Waals surface area contributed by atoms with Crippen molar-refractivity contribution in [3.8, 4) is 5.75 Å². The topological polar surface area (TPSA) is 131 Å². The number of nitrogens with two attached hydrogens (primary N) is 1. The Bertz CT molecular complexity index is 862. The van der Waals surface area contributed by atoms with Crippen LogP contribution in [0.5, 0.6) is 5.75 Å². The molecule has 0 saturated carbocycles. The first kappa shape index (κ1) is 21.4. The van der Waals surface area contributed by atoms with Gasteiger partial charge in [-0.1, -0.05) is 0 Å². The van der Waals surface area contributed by atoms with Gasteiger partial charge < -0.3 is 15.8 Å². The monoisotopic (exact) mass is 418 g/mol. The number of carbonyl (C=O) groups excluding carboxylic acids is 2. The van der Waals surface area contributed by atoms with Crippen molar-refractivity contribution in [1.82, 2.24) is 14.9 Å². The maximum atomic E-state index is 13.1. The van der Waals surface area contributed by atoms with Crippen LogP contribution in [0.3, 0.4) is 0 Å². The quantitative estimate of drug-likeness (QED) is 0.589. The molecule has 2 heterocycles. The van der Waals surface area contributed by atoms with E-state index >= 15 is 0 Å². The smallest absolute Gasteiger partial charge is 0.322 e. The molecule has 2 aliphatic heterocycles. The molecule has 0 aromatic heterocycles. The third-order valence-electron chi connectivity index (χ3n) is 4.96. The fourth-order valence-corrected chi connectivity index (χ4v) is 5.20. The largest absolute Gasteiger partial charge is 0.496 e. The van der Waals surface area contributed by atoms with Gasteiger partial charge in [-0.15, -0.1) is 12.4 Å². The number of hydrogen-bond acceptors (Lipinski definition) is 6. The lowest BCUT2D eigenvalue weighted by Gasteiger charge is -2.26. The number of halogens is 1. The number of benzene rings is 1. The third-order valence-corrected chi connectivity index (χ3v) is 6.90. The predicted octanol–water partition coefficient (Wildman–Crippen LogP) is 0.283. The summed E-state index contributed by atoms with van der Waals surface area (Å²) in [5.74, 6) is -0.267. The Labute approximate surface area is 164 Å². The number of sulfonamides is 1. The van der Waals surface area contributed by atoms with E-state index in [4.69, 9.17) is 10.5 Å². The van der Waals surface area contributed by atoms with E-state index in [1.165, 1.54) is 36.5 Å². The molecule has 0 aliphatic carbocycles. The minimum atomic E-state index is -3.78. The van der Waals surface area contributed by atoms with Gasteiger partial charge in [-0.05, 0) is 38.0 Å². The van der Waals surface area contributed by atoms with Crippen LogP contribution in [0.25, 0.3) is 0 Å². The summed E-state index contributed by atoms with van der Waals surface area (Å²) in [6, 6.07) is 3.41. The normalized spacial score (nSPS) is 25.7. The van der Waals surface area contributed by atoms with E-state index in [1.54, 1.807) is 0 Å². The molecule has 0 bridgehead atoms.